The Morgan fingerprint density at radius 2 is 1.68 bits per heavy atom. The summed E-state index contributed by atoms with van der Waals surface area (Å²) < 4.78 is 29.7. The van der Waals surface area contributed by atoms with Gasteiger partial charge in [0.05, 0.1) is 0 Å². The molecule has 122 valence electrons. The van der Waals surface area contributed by atoms with E-state index in [1.54, 1.807) is 8.61 Å². The second kappa shape index (κ2) is 6.30. The topological polar surface area (TPSA) is 40.6 Å². The van der Waals surface area contributed by atoms with Crippen LogP contribution in [0.25, 0.3) is 0 Å². The first kappa shape index (κ1) is 16.0. The van der Waals surface area contributed by atoms with Crippen molar-refractivity contribution in [3.05, 3.63) is 35.9 Å². The summed E-state index contributed by atoms with van der Waals surface area (Å²) in [6.07, 6.45) is 3.10. The zero-order chi connectivity index (χ0) is 15.7. The summed E-state index contributed by atoms with van der Waals surface area (Å²) in [5.41, 5.74) is 1.07. The molecule has 3 rings (SSSR count). The van der Waals surface area contributed by atoms with Crippen LogP contribution < -0.4 is 0 Å². The molecule has 1 heterocycles. The van der Waals surface area contributed by atoms with Crippen LogP contribution in [-0.4, -0.2) is 36.2 Å². The first-order valence-electron chi connectivity index (χ1n) is 8.27. The number of hydrogen-bond acceptors (Lipinski definition) is 2. The van der Waals surface area contributed by atoms with Crippen LogP contribution in [-0.2, 0) is 16.8 Å². The van der Waals surface area contributed by atoms with Crippen molar-refractivity contribution in [1.29, 1.82) is 0 Å². The molecular weight excluding hydrogens is 296 g/mol. The molecule has 1 aliphatic carbocycles. The number of piperidine rings is 1. The minimum absolute atomic E-state index is 0.192. The Morgan fingerprint density at radius 3 is 2.23 bits per heavy atom. The Morgan fingerprint density at radius 1 is 1.09 bits per heavy atom. The molecule has 1 saturated heterocycles. The maximum absolute atomic E-state index is 13.1. The molecule has 0 spiro atoms. The number of nitrogens with zero attached hydrogens (tertiary/aromatic N) is 2. The molecular formula is C17H26N2O2S. The summed E-state index contributed by atoms with van der Waals surface area (Å²) in [7, 11) is -3.36. The van der Waals surface area contributed by atoms with Gasteiger partial charge >= 0.3 is 0 Å². The van der Waals surface area contributed by atoms with Crippen molar-refractivity contribution in [3.63, 3.8) is 0 Å². The quantitative estimate of drug-likeness (QED) is 0.836. The second-order valence-corrected chi connectivity index (χ2v) is 8.91. The molecule has 0 amide bonds. The smallest absolute Gasteiger partial charge is 0.195 e. The van der Waals surface area contributed by atoms with E-state index in [-0.39, 0.29) is 6.04 Å². The Kier molecular flexibility index (Phi) is 4.57. The van der Waals surface area contributed by atoms with Gasteiger partial charge in [-0.2, -0.15) is 17.0 Å². The molecule has 1 aromatic carbocycles. The lowest BCUT2D eigenvalue weighted by Gasteiger charge is -2.37. The summed E-state index contributed by atoms with van der Waals surface area (Å²) in [4.78, 5) is 0. The van der Waals surface area contributed by atoms with E-state index < -0.39 is 10.2 Å². The van der Waals surface area contributed by atoms with Crippen molar-refractivity contribution < 1.29 is 8.42 Å². The third-order valence-electron chi connectivity index (χ3n) is 4.59. The van der Waals surface area contributed by atoms with Crippen LogP contribution in [0.1, 0.15) is 38.7 Å². The maximum Gasteiger partial charge on any atom is 0.282 e. The lowest BCUT2D eigenvalue weighted by molar-refractivity contribution is 0.206. The van der Waals surface area contributed by atoms with Crippen LogP contribution in [0.4, 0.5) is 0 Å². The Hall–Kier alpha value is -0.910. The summed E-state index contributed by atoms with van der Waals surface area (Å²) >= 11 is 0. The highest BCUT2D eigenvalue weighted by molar-refractivity contribution is 7.86. The van der Waals surface area contributed by atoms with E-state index in [4.69, 9.17) is 0 Å². The molecule has 1 saturated carbocycles. The predicted molar refractivity (Wildman–Crippen MR) is 88.4 cm³/mol. The monoisotopic (exact) mass is 322 g/mol. The van der Waals surface area contributed by atoms with E-state index >= 15 is 0 Å². The summed E-state index contributed by atoms with van der Waals surface area (Å²) in [5.74, 6) is 0.882. The number of rotatable bonds is 5. The lowest BCUT2D eigenvalue weighted by Crippen LogP contribution is -2.50. The molecule has 5 heteroatoms. The van der Waals surface area contributed by atoms with Crippen LogP contribution in [0.5, 0.6) is 0 Å². The largest absolute Gasteiger partial charge is 0.282 e. The van der Waals surface area contributed by atoms with Gasteiger partial charge in [0.15, 0.2) is 0 Å². The Balaban J connectivity index is 1.80. The minimum Gasteiger partial charge on any atom is -0.195 e. The highest BCUT2D eigenvalue weighted by Crippen LogP contribution is 2.34. The van der Waals surface area contributed by atoms with Crippen LogP contribution >= 0.6 is 0 Å². The Bertz CT molecular complexity index is 588. The van der Waals surface area contributed by atoms with Crippen molar-refractivity contribution in [3.8, 4) is 0 Å². The molecule has 0 N–H and O–H groups in total. The fourth-order valence-electron chi connectivity index (χ4n) is 3.47. The van der Waals surface area contributed by atoms with Gasteiger partial charge in [0.25, 0.3) is 10.2 Å². The van der Waals surface area contributed by atoms with E-state index in [1.165, 1.54) is 0 Å². The van der Waals surface area contributed by atoms with Crippen molar-refractivity contribution >= 4 is 10.2 Å². The SMILES string of the molecule is CC1CC(C)CN(S(=O)(=O)N(Cc2ccccc2)C2CC2)C1. The fourth-order valence-corrected chi connectivity index (χ4v) is 5.55. The van der Waals surface area contributed by atoms with Gasteiger partial charge in [0.2, 0.25) is 0 Å². The van der Waals surface area contributed by atoms with E-state index in [2.05, 4.69) is 13.8 Å². The molecule has 1 aliphatic heterocycles. The molecule has 2 atom stereocenters. The number of benzene rings is 1. The van der Waals surface area contributed by atoms with E-state index in [0.717, 1.165) is 24.8 Å². The highest BCUT2D eigenvalue weighted by atomic mass is 32.2. The van der Waals surface area contributed by atoms with Gasteiger partial charge in [-0.15, -0.1) is 0 Å². The zero-order valence-corrected chi connectivity index (χ0v) is 14.3. The molecule has 0 radical (unpaired) electrons. The average molecular weight is 322 g/mol. The predicted octanol–water partition coefficient (Wildman–Crippen LogP) is 2.87. The van der Waals surface area contributed by atoms with Gasteiger partial charge < -0.3 is 0 Å². The highest BCUT2D eigenvalue weighted by Gasteiger charge is 2.42. The van der Waals surface area contributed by atoms with Crippen molar-refractivity contribution in [2.24, 2.45) is 11.8 Å². The van der Waals surface area contributed by atoms with Gasteiger partial charge in [-0.3, -0.25) is 0 Å². The third kappa shape index (κ3) is 3.53. The molecule has 2 fully saturated rings. The van der Waals surface area contributed by atoms with Crippen molar-refractivity contribution in [1.82, 2.24) is 8.61 Å². The Labute approximate surface area is 134 Å². The maximum atomic E-state index is 13.1. The van der Waals surface area contributed by atoms with Gasteiger partial charge in [-0.1, -0.05) is 44.2 Å². The van der Waals surface area contributed by atoms with Crippen LogP contribution in [0.2, 0.25) is 0 Å². The molecule has 22 heavy (non-hydrogen) atoms. The average Bonchev–Trinajstić information content (AvgIpc) is 3.29. The molecule has 2 aliphatic rings. The van der Waals surface area contributed by atoms with Crippen LogP contribution in [0.3, 0.4) is 0 Å². The summed E-state index contributed by atoms with van der Waals surface area (Å²) in [5, 5.41) is 0. The summed E-state index contributed by atoms with van der Waals surface area (Å²) in [6, 6.07) is 10.1. The second-order valence-electron chi connectivity index (χ2n) is 7.03. The zero-order valence-electron chi connectivity index (χ0n) is 13.5. The molecule has 0 aromatic heterocycles. The van der Waals surface area contributed by atoms with Gasteiger partial charge in [-0.05, 0) is 36.7 Å². The lowest BCUT2D eigenvalue weighted by atomic mass is 9.94. The van der Waals surface area contributed by atoms with E-state index in [1.807, 2.05) is 30.3 Å². The normalized spacial score (nSPS) is 27.2. The van der Waals surface area contributed by atoms with Gasteiger partial charge in [0.1, 0.15) is 0 Å². The van der Waals surface area contributed by atoms with Crippen molar-refractivity contribution in [2.45, 2.75) is 45.7 Å². The number of hydrogen-bond donors (Lipinski definition) is 0. The molecule has 2 unspecified atom stereocenters. The fraction of sp³-hybridized carbons (Fsp3) is 0.647. The molecule has 4 nitrogen and oxygen atoms in total. The van der Waals surface area contributed by atoms with E-state index in [0.29, 0.717) is 31.5 Å². The summed E-state index contributed by atoms with van der Waals surface area (Å²) in [6.45, 7) is 6.11. The standard InChI is InChI=1S/C17H26N2O2S/c1-14-10-15(2)12-18(11-14)22(20,21)19(17-8-9-17)13-16-6-4-3-5-7-16/h3-7,14-15,17H,8-13H2,1-2H3. The van der Waals surface area contributed by atoms with Crippen LogP contribution in [0.15, 0.2) is 30.3 Å². The van der Waals surface area contributed by atoms with Gasteiger partial charge in [0, 0.05) is 25.7 Å². The van der Waals surface area contributed by atoms with Gasteiger partial charge in [-0.25, -0.2) is 0 Å². The first-order valence-corrected chi connectivity index (χ1v) is 9.67. The third-order valence-corrected chi connectivity index (χ3v) is 6.56. The molecule has 0 bridgehead atoms. The van der Waals surface area contributed by atoms with Crippen LogP contribution in [0, 0.1) is 11.8 Å². The minimum atomic E-state index is -3.36. The first-order chi connectivity index (χ1) is 10.5. The van der Waals surface area contributed by atoms with E-state index in [9.17, 15) is 8.42 Å². The molecule has 1 aromatic rings. The van der Waals surface area contributed by atoms with Crippen molar-refractivity contribution in [2.75, 3.05) is 13.1 Å².